The largest absolute Gasteiger partial charge is 0.493 e. The molecule has 0 aromatic heterocycles. The van der Waals surface area contributed by atoms with Crippen LogP contribution in [0, 0.1) is 18.8 Å². The molecule has 1 aromatic rings. The van der Waals surface area contributed by atoms with Crippen molar-refractivity contribution in [3.63, 3.8) is 0 Å². The Labute approximate surface area is 181 Å². The van der Waals surface area contributed by atoms with Crippen LogP contribution in [-0.4, -0.2) is 19.1 Å². The van der Waals surface area contributed by atoms with Crippen molar-refractivity contribution in [2.24, 2.45) is 11.8 Å². The summed E-state index contributed by atoms with van der Waals surface area (Å²) in [5.41, 5.74) is 1.16. The number of amides is 1. The van der Waals surface area contributed by atoms with Crippen molar-refractivity contribution in [1.29, 1.82) is 0 Å². The molecule has 1 heterocycles. The number of ether oxygens (including phenoxy) is 1. The molecule has 1 radical (unpaired) electrons. The number of unbranched alkanes of at least 4 members (excludes halogenated alkanes) is 1. The van der Waals surface area contributed by atoms with Crippen molar-refractivity contribution in [1.82, 2.24) is 5.32 Å². The molecule has 135 valence electrons. The van der Waals surface area contributed by atoms with E-state index in [4.69, 9.17) is 16.3 Å². The van der Waals surface area contributed by atoms with Crippen LogP contribution in [0.2, 0.25) is 5.02 Å². The Hall–Kier alpha value is -0.376. The van der Waals surface area contributed by atoms with Crippen molar-refractivity contribution in [3.8, 4) is 5.75 Å². The maximum absolute atomic E-state index is 12.0. The molecule has 2 rings (SSSR count). The average molecular weight is 438 g/mol. The van der Waals surface area contributed by atoms with Gasteiger partial charge in [0.2, 0.25) is 5.91 Å². The summed E-state index contributed by atoms with van der Waals surface area (Å²) < 4.78 is 5.96. The number of nitrogens with one attached hydrogen (secondary N) is 1. The molecular weight excluding hydrogens is 411 g/mol. The second-order valence-corrected chi connectivity index (χ2v) is 7.08. The minimum Gasteiger partial charge on any atom is -0.493 e. The number of allylic oxidation sites excluding steroid dienone is 2. The first-order valence-electron chi connectivity index (χ1n) is 8.66. The van der Waals surface area contributed by atoms with Gasteiger partial charge in [0, 0.05) is 56.1 Å². The first-order chi connectivity index (χ1) is 11.5. The Balaban J connectivity index is 0.00000312. The van der Waals surface area contributed by atoms with Gasteiger partial charge in [-0.15, -0.1) is 0 Å². The van der Waals surface area contributed by atoms with E-state index in [2.05, 4.69) is 38.2 Å². The van der Waals surface area contributed by atoms with Crippen LogP contribution in [-0.2, 0) is 37.5 Å². The van der Waals surface area contributed by atoms with Gasteiger partial charge in [-0.25, -0.2) is 0 Å². The fourth-order valence-corrected chi connectivity index (χ4v) is 3.11. The third-order valence-electron chi connectivity index (χ3n) is 4.40. The maximum atomic E-state index is 12.0. The number of hydrogen-bond acceptors (Lipinski definition) is 2. The summed E-state index contributed by atoms with van der Waals surface area (Å²) in [7, 11) is 0. The second-order valence-electron chi connectivity index (χ2n) is 6.65. The molecule has 1 N–H and O–H groups in total. The summed E-state index contributed by atoms with van der Waals surface area (Å²) in [5.74, 6) is 1.46. The van der Waals surface area contributed by atoms with E-state index in [0.29, 0.717) is 24.1 Å². The fourth-order valence-electron chi connectivity index (χ4n) is 2.88. The number of rotatable bonds is 8. The van der Waals surface area contributed by atoms with Crippen LogP contribution >= 0.6 is 11.6 Å². The molecule has 0 bridgehead atoms. The van der Waals surface area contributed by atoms with E-state index in [9.17, 15) is 4.79 Å². The summed E-state index contributed by atoms with van der Waals surface area (Å²) in [5, 5.41) is 3.63. The second kappa shape index (κ2) is 11.4. The van der Waals surface area contributed by atoms with Gasteiger partial charge in [0.25, 0.3) is 0 Å². The van der Waals surface area contributed by atoms with Gasteiger partial charge < -0.3 is 17.0 Å². The molecule has 1 fully saturated rings. The minimum atomic E-state index is -0.0187. The summed E-state index contributed by atoms with van der Waals surface area (Å²) >= 11 is 6.18. The standard InChI is InChI=1S/C20H27ClNO2.Y/c1-4-5-6-7-8-19-16(12-22-20(19)23)13-24-18-10-15(14(2)3)9-17(21)11-18;/h6-7,9-11,14,16,19H,1,4-5,8,12-13H2,2-3H3,(H,22,23);/q-1;/b7-6-;/t16-,19-;/m1./s1. The molecule has 1 aromatic carbocycles. The molecule has 1 amide bonds. The van der Waals surface area contributed by atoms with Gasteiger partial charge in [-0.2, -0.15) is 6.42 Å². The molecule has 0 saturated carbocycles. The van der Waals surface area contributed by atoms with Crippen LogP contribution in [0.4, 0.5) is 0 Å². The molecule has 1 saturated heterocycles. The van der Waals surface area contributed by atoms with E-state index in [1.807, 2.05) is 18.2 Å². The van der Waals surface area contributed by atoms with E-state index in [1.54, 1.807) is 0 Å². The van der Waals surface area contributed by atoms with Crippen LogP contribution in [0.25, 0.3) is 0 Å². The molecule has 1 aliphatic heterocycles. The molecule has 0 spiro atoms. The fraction of sp³-hybridized carbons (Fsp3) is 0.500. The molecule has 0 unspecified atom stereocenters. The average Bonchev–Trinajstić information content (AvgIpc) is 2.89. The van der Waals surface area contributed by atoms with Gasteiger partial charge in [-0.05, 0) is 36.1 Å². The van der Waals surface area contributed by atoms with Crippen molar-refractivity contribution >= 4 is 17.5 Å². The SMILES string of the molecule is [CH2-]CC/C=C\C[C@H]1C(=O)NC[C@@H]1COc1cc(Cl)cc(C(C)C)c1.[Y]. The van der Waals surface area contributed by atoms with Gasteiger partial charge in [-0.3, -0.25) is 4.79 Å². The third-order valence-corrected chi connectivity index (χ3v) is 4.61. The van der Waals surface area contributed by atoms with Crippen LogP contribution in [0.5, 0.6) is 5.75 Å². The summed E-state index contributed by atoms with van der Waals surface area (Å²) in [6, 6.07) is 5.83. The Morgan fingerprint density at radius 3 is 2.80 bits per heavy atom. The molecule has 1 aliphatic rings. The molecular formula is C20H27ClNO2Y-. The normalized spacial score (nSPS) is 20.0. The van der Waals surface area contributed by atoms with E-state index in [0.717, 1.165) is 30.6 Å². The number of hydrogen-bond donors (Lipinski definition) is 1. The zero-order valence-corrected chi connectivity index (χ0v) is 18.7. The van der Waals surface area contributed by atoms with Gasteiger partial charge in [0.15, 0.2) is 0 Å². The van der Waals surface area contributed by atoms with E-state index < -0.39 is 0 Å². The van der Waals surface area contributed by atoms with Crippen LogP contribution < -0.4 is 10.1 Å². The predicted molar refractivity (Wildman–Crippen MR) is 99.4 cm³/mol. The molecule has 0 aliphatic carbocycles. The zero-order valence-electron chi connectivity index (χ0n) is 15.1. The van der Waals surface area contributed by atoms with Gasteiger partial charge in [0.05, 0.1) is 6.61 Å². The van der Waals surface area contributed by atoms with Gasteiger partial charge in [-0.1, -0.05) is 44.0 Å². The third kappa shape index (κ3) is 7.04. The van der Waals surface area contributed by atoms with E-state index >= 15 is 0 Å². The van der Waals surface area contributed by atoms with Crippen molar-refractivity contribution in [3.05, 3.63) is 47.9 Å². The summed E-state index contributed by atoms with van der Waals surface area (Å²) in [6.45, 7) is 9.26. The smallest absolute Gasteiger partial charge is 0.223 e. The number of halogens is 1. The van der Waals surface area contributed by atoms with E-state index in [1.165, 1.54) is 0 Å². The first-order valence-corrected chi connectivity index (χ1v) is 9.04. The van der Waals surface area contributed by atoms with E-state index in [-0.39, 0.29) is 50.5 Å². The minimum absolute atomic E-state index is 0. The van der Waals surface area contributed by atoms with Gasteiger partial charge in [0.1, 0.15) is 5.75 Å². The summed E-state index contributed by atoms with van der Waals surface area (Å²) in [6.07, 6.45) is 6.78. The Kier molecular flexibility index (Phi) is 10.3. The molecule has 25 heavy (non-hydrogen) atoms. The zero-order chi connectivity index (χ0) is 17.5. The molecule has 5 heteroatoms. The first kappa shape index (κ1) is 22.7. The van der Waals surface area contributed by atoms with Crippen molar-refractivity contribution in [2.75, 3.05) is 13.2 Å². The number of carbonyl (C=O) groups excluding carboxylic acids is 1. The molecule has 2 atom stereocenters. The van der Waals surface area contributed by atoms with Crippen molar-refractivity contribution < 1.29 is 42.2 Å². The van der Waals surface area contributed by atoms with Gasteiger partial charge >= 0.3 is 0 Å². The topological polar surface area (TPSA) is 38.3 Å². The van der Waals surface area contributed by atoms with Crippen LogP contribution in [0.3, 0.4) is 0 Å². The number of carbonyl (C=O) groups is 1. The summed E-state index contributed by atoms with van der Waals surface area (Å²) in [4.78, 5) is 12.0. The van der Waals surface area contributed by atoms with Crippen LogP contribution in [0.15, 0.2) is 30.4 Å². The Morgan fingerprint density at radius 1 is 1.36 bits per heavy atom. The quantitative estimate of drug-likeness (QED) is 0.470. The van der Waals surface area contributed by atoms with Crippen LogP contribution in [0.1, 0.15) is 44.6 Å². The predicted octanol–water partition coefficient (Wildman–Crippen LogP) is 4.76. The maximum Gasteiger partial charge on any atom is 0.223 e. The Bertz CT molecular complexity index is 589. The Morgan fingerprint density at radius 2 is 2.12 bits per heavy atom. The van der Waals surface area contributed by atoms with Crippen molar-refractivity contribution in [2.45, 2.75) is 39.0 Å². The molecule has 3 nitrogen and oxygen atoms in total. The number of benzene rings is 1. The monoisotopic (exact) mass is 437 g/mol.